The first-order valence-corrected chi connectivity index (χ1v) is 10.2. The number of carbonyl (C=O) groups is 1. The van der Waals surface area contributed by atoms with E-state index in [4.69, 9.17) is 21.7 Å². The summed E-state index contributed by atoms with van der Waals surface area (Å²) in [5.74, 6) is 1.81. The van der Waals surface area contributed by atoms with Gasteiger partial charge in [-0.3, -0.25) is 9.69 Å². The van der Waals surface area contributed by atoms with Gasteiger partial charge < -0.3 is 9.47 Å². The predicted octanol–water partition coefficient (Wildman–Crippen LogP) is 5.12. The van der Waals surface area contributed by atoms with E-state index >= 15 is 0 Å². The average Bonchev–Trinajstić information content (AvgIpc) is 2.91. The molecule has 1 aromatic rings. The molecule has 1 saturated heterocycles. The second-order valence-electron chi connectivity index (χ2n) is 6.32. The highest BCUT2D eigenvalue weighted by atomic mass is 32.2. The molecule has 0 spiro atoms. The predicted molar refractivity (Wildman–Crippen MR) is 113 cm³/mol. The summed E-state index contributed by atoms with van der Waals surface area (Å²) in [6.07, 6.45) is 6.43. The van der Waals surface area contributed by atoms with Crippen molar-refractivity contribution >= 4 is 40.3 Å². The fourth-order valence-corrected chi connectivity index (χ4v) is 4.20. The third kappa shape index (κ3) is 5.01. The third-order valence-corrected chi connectivity index (χ3v) is 5.94. The van der Waals surface area contributed by atoms with Crippen molar-refractivity contribution in [1.29, 1.82) is 0 Å². The molecule has 1 aliphatic heterocycles. The van der Waals surface area contributed by atoms with Gasteiger partial charge in [0.1, 0.15) is 4.32 Å². The van der Waals surface area contributed by atoms with E-state index in [-0.39, 0.29) is 5.91 Å². The molecule has 142 valence electrons. The molecule has 0 bridgehead atoms. The normalized spacial score (nSPS) is 17.1. The zero-order valence-corrected chi connectivity index (χ0v) is 17.5. The summed E-state index contributed by atoms with van der Waals surface area (Å²) in [7, 11) is 3.20. The van der Waals surface area contributed by atoms with Gasteiger partial charge in [-0.15, -0.1) is 0 Å². The minimum absolute atomic E-state index is 0.00438. The van der Waals surface area contributed by atoms with Crippen molar-refractivity contribution < 1.29 is 14.3 Å². The van der Waals surface area contributed by atoms with Crippen LogP contribution in [0, 0.1) is 5.92 Å². The molecule has 1 heterocycles. The minimum Gasteiger partial charge on any atom is -0.493 e. The third-order valence-electron chi connectivity index (χ3n) is 4.56. The van der Waals surface area contributed by atoms with Gasteiger partial charge in [-0.05, 0) is 36.1 Å². The summed E-state index contributed by atoms with van der Waals surface area (Å²) in [5, 5.41) is 0. The second kappa shape index (κ2) is 9.97. The van der Waals surface area contributed by atoms with E-state index in [9.17, 15) is 4.79 Å². The van der Waals surface area contributed by atoms with Crippen molar-refractivity contribution in [2.45, 2.75) is 39.5 Å². The topological polar surface area (TPSA) is 38.8 Å². The molecule has 0 saturated carbocycles. The van der Waals surface area contributed by atoms with E-state index in [1.54, 1.807) is 19.1 Å². The Kier molecular flexibility index (Phi) is 7.97. The summed E-state index contributed by atoms with van der Waals surface area (Å²) in [5.41, 5.74) is 0.890. The van der Waals surface area contributed by atoms with Gasteiger partial charge in [0, 0.05) is 6.54 Å². The molecule has 6 heteroatoms. The monoisotopic (exact) mass is 393 g/mol. The van der Waals surface area contributed by atoms with Crippen LogP contribution in [-0.4, -0.2) is 35.9 Å². The van der Waals surface area contributed by atoms with Gasteiger partial charge in [0.2, 0.25) is 0 Å². The number of unbranched alkanes of at least 4 members (excludes halogenated alkanes) is 1. The maximum Gasteiger partial charge on any atom is 0.266 e. The van der Waals surface area contributed by atoms with Crippen molar-refractivity contribution in [3.8, 4) is 11.5 Å². The first-order chi connectivity index (χ1) is 12.5. The molecule has 0 aliphatic carbocycles. The fraction of sp³-hybridized carbons (Fsp3) is 0.500. The summed E-state index contributed by atoms with van der Waals surface area (Å²) in [6, 6.07) is 5.61. The number of hydrogen-bond acceptors (Lipinski definition) is 5. The van der Waals surface area contributed by atoms with Crippen molar-refractivity contribution in [3.63, 3.8) is 0 Å². The van der Waals surface area contributed by atoms with Crippen LogP contribution in [-0.2, 0) is 4.79 Å². The number of thiocarbonyl (C=S) groups is 1. The van der Waals surface area contributed by atoms with Gasteiger partial charge in [0.05, 0.1) is 19.1 Å². The quantitative estimate of drug-likeness (QED) is 0.430. The van der Waals surface area contributed by atoms with Gasteiger partial charge in [-0.25, -0.2) is 0 Å². The Morgan fingerprint density at radius 2 is 1.96 bits per heavy atom. The van der Waals surface area contributed by atoms with Crippen LogP contribution in [0.25, 0.3) is 6.08 Å². The van der Waals surface area contributed by atoms with Crippen LogP contribution >= 0.6 is 24.0 Å². The van der Waals surface area contributed by atoms with Gasteiger partial charge in [-0.1, -0.05) is 63.2 Å². The number of thioether (sulfide) groups is 1. The lowest BCUT2D eigenvalue weighted by Gasteiger charge is -2.21. The minimum atomic E-state index is 0.00438. The smallest absolute Gasteiger partial charge is 0.266 e. The molecule has 1 unspecified atom stereocenters. The first-order valence-electron chi connectivity index (χ1n) is 9.01. The van der Waals surface area contributed by atoms with Crippen LogP contribution in [0.5, 0.6) is 11.5 Å². The maximum atomic E-state index is 12.8. The molecule has 2 rings (SSSR count). The van der Waals surface area contributed by atoms with Crippen molar-refractivity contribution in [2.75, 3.05) is 20.8 Å². The van der Waals surface area contributed by atoms with Crippen LogP contribution in [0.3, 0.4) is 0 Å². The van der Waals surface area contributed by atoms with Gasteiger partial charge in [0.15, 0.2) is 11.5 Å². The lowest BCUT2D eigenvalue weighted by Crippen LogP contribution is -2.33. The van der Waals surface area contributed by atoms with Gasteiger partial charge in [-0.2, -0.15) is 0 Å². The van der Waals surface area contributed by atoms with Gasteiger partial charge >= 0.3 is 0 Å². The standard InChI is InChI=1S/C20H27NO3S2/c1-5-7-8-14(6-2)13-21-19(22)18(26-20(21)25)12-15-9-10-16(23-3)17(11-15)24-4/h9-12,14H,5-8,13H2,1-4H3. The van der Waals surface area contributed by atoms with E-state index in [0.717, 1.165) is 18.4 Å². The Hall–Kier alpha value is -1.53. The lowest BCUT2D eigenvalue weighted by atomic mass is 9.99. The van der Waals surface area contributed by atoms with Crippen LogP contribution in [0.2, 0.25) is 0 Å². The Bertz CT molecular complexity index is 688. The molecule has 1 aliphatic rings. The maximum absolute atomic E-state index is 12.8. The average molecular weight is 394 g/mol. The summed E-state index contributed by atoms with van der Waals surface area (Å²) in [4.78, 5) is 15.2. The molecular weight excluding hydrogens is 366 g/mol. The molecule has 4 nitrogen and oxygen atoms in total. The van der Waals surface area contributed by atoms with E-state index in [1.165, 1.54) is 24.6 Å². The van der Waals surface area contributed by atoms with Crippen LogP contribution in [0.1, 0.15) is 45.1 Å². The number of methoxy groups -OCH3 is 2. The number of ether oxygens (including phenoxy) is 2. The number of hydrogen-bond donors (Lipinski definition) is 0. The van der Waals surface area contributed by atoms with Crippen LogP contribution in [0.15, 0.2) is 23.1 Å². The van der Waals surface area contributed by atoms with Crippen molar-refractivity contribution in [3.05, 3.63) is 28.7 Å². The zero-order chi connectivity index (χ0) is 19.1. The number of rotatable bonds is 9. The Labute approximate surface area is 165 Å². The van der Waals surface area contributed by atoms with E-state index in [2.05, 4.69) is 13.8 Å². The van der Waals surface area contributed by atoms with Crippen molar-refractivity contribution in [2.24, 2.45) is 5.92 Å². The Balaban J connectivity index is 2.15. The number of benzene rings is 1. The van der Waals surface area contributed by atoms with Crippen molar-refractivity contribution in [1.82, 2.24) is 4.90 Å². The first kappa shape index (κ1) is 20.8. The lowest BCUT2D eigenvalue weighted by molar-refractivity contribution is -0.122. The number of carbonyl (C=O) groups excluding carboxylic acids is 1. The molecular formula is C20H27NO3S2. The molecule has 1 amide bonds. The van der Waals surface area contributed by atoms with Gasteiger partial charge in [0.25, 0.3) is 5.91 Å². The number of nitrogens with zero attached hydrogens (tertiary/aromatic N) is 1. The van der Waals surface area contributed by atoms with E-state index < -0.39 is 0 Å². The molecule has 1 aromatic carbocycles. The fourth-order valence-electron chi connectivity index (χ4n) is 2.93. The summed E-state index contributed by atoms with van der Waals surface area (Å²) >= 11 is 6.83. The van der Waals surface area contributed by atoms with Crippen LogP contribution in [0.4, 0.5) is 0 Å². The summed E-state index contributed by atoms with van der Waals surface area (Å²) in [6.45, 7) is 5.08. The highest BCUT2D eigenvalue weighted by Crippen LogP contribution is 2.35. The molecule has 0 N–H and O–H groups in total. The van der Waals surface area contributed by atoms with E-state index in [1.807, 2.05) is 24.3 Å². The molecule has 0 radical (unpaired) electrons. The Morgan fingerprint density at radius 3 is 2.58 bits per heavy atom. The summed E-state index contributed by atoms with van der Waals surface area (Å²) < 4.78 is 11.2. The number of amides is 1. The zero-order valence-electron chi connectivity index (χ0n) is 15.9. The Morgan fingerprint density at radius 1 is 1.23 bits per heavy atom. The molecule has 1 fully saturated rings. The largest absolute Gasteiger partial charge is 0.493 e. The highest BCUT2D eigenvalue weighted by Gasteiger charge is 2.33. The SMILES string of the molecule is CCCCC(CC)CN1C(=O)C(=Cc2ccc(OC)c(OC)c2)SC1=S. The van der Waals surface area contributed by atoms with E-state index in [0.29, 0.717) is 33.2 Å². The highest BCUT2D eigenvalue weighted by molar-refractivity contribution is 8.26. The molecule has 26 heavy (non-hydrogen) atoms. The molecule has 0 aromatic heterocycles. The van der Waals surface area contributed by atoms with Crippen LogP contribution < -0.4 is 9.47 Å². The molecule has 1 atom stereocenters. The second-order valence-corrected chi connectivity index (χ2v) is 8.00.